The normalized spacial score (nSPS) is 9.93. The molecule has 0 bridgehead atoms. The van der Waals surface area contributed by atoms with Gasteiger partial charge in [-0.3, -0.25) is 4.79 Å². The van der Waals surface area contributed by atoms with Gasteiger partial charge in [-0.25, -0.2) is 9.37 Å². The zero-order valence-electron chi connectivity index (χ0n) is 7.61. The number of nitrogens with zero attached hydrogens (tertiary/aromatic N) is 1. The zero-order valence-corrected chi connectivity index (χ0v) is 8.42. The number of hydrogen-bond donors (Lipinski definition) is 1. The lowest BCUT2D eigenvalue weighted by Gasteiger charge is -1.94. The van der Waals surface area contributed by atoms with Crippen molar-refractivity contribution in [2.75, 3.05) is 5.32 Å². The third-order valence-electron chi connectivity index (χ3n) is 1.82. The van der Waals surface area contributed by atoms with Gasteiger partial charge in [0.2, 0.25) is 6.41 Å². The Balaban J connectivity index is 2.28. The number of hydrogen-bond acceptors (Lipinski definition) is 3. The molecule has 5 heteroatoms. The van der Waals surface area contributed by atoms with Crippen LogP contribution < -0.4 is 5.32 Å². The molecule has 3 nitrogen and oxygen atoms in total. The highest BCUT2D eigenvalue weighted by molar-refractivity contribution is 7.19. The molecule has 0 aliphatic carbocycles. The highest BCUT2D eigenvalue weighted by atomic mass is 32.1. The Morgan fingerprint density at radius 2 is 2.07 bits per heavy atom. The number of benzene rings is 1. The maximum Gasteiger partial charge on any atom is 0.213 e. The van der Waals surface area contributed by atoms with Crippen molar-refractivity contribution in [2.24, 2.45) is 0 Å². The number of halogens is 1. The lowest BCUT2D eigenvalue weighted by atomic mass is 10.2. The van der Waals surface area contributed by atoms with Crippen molar-refractivity contribution in [3.05, 3.63) is 36.3 Å². The minimum absolute atomic E-state index is 0.269. The average Bonchev–Trinajstić information content (AvgIpc) is 2.68. The van der Waals surface area contributed by atoms with E-state index in [9.17, 15) is 9.18 Å². The molecule has 0 fully saturated rings. The van der Waals surface area contributed by atoms with Crippen LogP contribution in [-0.2, 0) is 4.79 Å². The van der Waals surface area contributed by atoms with Crippen molar-refractivity contribution in [1.82, 2.24) is 4.98 Å². The number of aromatic nitrogens is 1. The van der Waals surface area contributed by atoms with Crippen molar-refractivity contribution >= 4 is 22.9 Å². The van der Waals surface area contributed by atoms with Crippen molar-refractivity contribution in [2.45, 2.75) is 0 Å². The van der Waals surface area contributed by atoms with Gasteiger partial charge >= 0.3 is 0 Å². The third kappa shape index (κ3) is 2.19. The second kappa shape index (κ2) is 4.18. The molecular weight excluding hydrogens is 215 g/mol. The number of carbonyl (C=O) groups excluding carboxylic acids is 1. The lowest BCUT2D eigenvalue weighted by Crippen LogP contribution is -1.90. The number of nitrogens with one attached hydrogen (secondary N) is 1. The summed E-state index contributed by atoms with van der Waals surface area (Å²) in [4.78, 5) is 15.0. The Kier molecular flexibility index (Phi) is 2.73. The van der Waals surface area contributed by atoms with Crippen LogP contribution in [0.15, 0.2) is 30.5 Å². The second-order valence-corrected chi connectivity index (χ2v) is 3.83. The van der Waals surface area contributed by atoms with Gasteiger partial charge in [-0.2, -0.15) is 0 Å². The van der Waals surface area contributed by atoms with E-state index in [1.54, 1.807) is 18.3 Å². The topological polar surface area (TPSA) is 42.0 Å². The van der Waals surface area contributed by atoms with Crippen LogP contribution in [0, 0.1) is 5.82 Å². The minimum Gasteiger partial charge on any atom is -0.305 e. The first-order chi connectivity index (χ1) is 7.29. The predicted molar refractivity (Wildman–Crippen MR) is 57.2 cm³/mol. The summed E-state index contributed by atoms with van der Waals surface area (Å²) < 4.78 is 12.7. The van der Waals surface area contributed by atoms with Gasteiger partial charge in [0.25, 0.3) is 0 Å². The van der Waals surface area contributed by atoms with E-state index >= 15 is 0 Å². The van der Waals surface area contributed by atoms with Gasteiger partial charge in [0.05, 0.1) is 4.88 Å². The van der Waals surface area contributed by atoms with E-state index in [0.717, 1.165) is 10.4 Å². The Morgan fingerprint density at radius 3 is 2.73 bits per heavy atom. The van der Waals surface area contributed by atoms with Crippen LogP contribution in [0.25, 0.3) is 10.4 Å². The van der Waals surface area contributed by atoms with Crippen molar-refractivity contribution in [3.8, 4) is 10.4 Å². The molecule has 1 heterocycles. The van der Waals surface area contributed by atoms with Crippen LogP contribution in [0.3, 0.4) is 0 Å². The number of carbonyl (C=O) groups is 1. The van der Waals surface area contributed by atoms with Gasteiger partial charge in [0.1, 0.15) is 5.82 Å². The third-order valence-corrected chi connectivity index (χ3v) is 2.79. The average molecular weight is 222 g/mol. The van der Waals surface area contributed by atoms with E-state index in [1.165, 1.54) is 23.5 Å². The van der Waals surface area contributed by atoms with Gasteiger partial charge in [0, 0.05) is 6.20 Å². The Bertz CT molecular complexity index is 467. The van der Waals surface area contributed by atoms with Crippen LogP contribution in [-0.4, -0.2) is 11.4 Å². The zero-order chi connectivity index (χ0) is 10.7. The molecule has 0 spiro atoms. The van der Waals surface area contributed by atoms with E-state index in [0.29, 0.717) is 11.5 Å². The largest absolute Gasteiger partial charge is 0.305 e. The maximum absolute atomic E-state index is 12.7. The monoisotopic (exact) mass is 222 g/mol. The van der Waals surface area contributed by atoms with Crippen molar-refractivity contribution in [3.63, 3.8) is 0 Å². The molecule has 1 aromatic carbocycles. The molecular formula is C10H7FN2OS. The number of rotatable bonds is 3. The van der Waals surface area contributed by atoms with Gasteiger partial charge in [-0.15, -0.1) is 0 Å². The highest BCUT2D eigenvalue weighted by Crippen LogP contribution is 2.28. The molecule has 0 atom stereocenters. The summed E-state index contributed by atoms with van der Waals surface area (Å²) in [6, 6.07) is 6.13. The first-order valence-electron chi connectivity index (χ1n) is 4.21. The molecule has 0 aliphatic heterocycles. The summed E-state index contributed by atoms with van der Waals surface area (Å²) in [5.41, 5.74) is 0.882. The van der Waals surface area contributed by atoms with Gasteiger partial charge < -0.3 is 5.32 Å². The molecule has 1 amide bonds. The SMILES string of the molecule is O=CNc1ncc(-c2ccc(F)cc2)s1. The molecule has 2 aromatic rings. The Labute approximate surface area is 89.6 Å². The van der Waals surface area contributed by atoms with Crippen LogP contribution in [0.2, 0.25) is 0 Å². The first kappa shape index (κ1) is 9.79. The fraction of sp³-hybridized carbons (Fsp3) is 0. The highest BCUT2D eigenvalue weighted by Gasteiger charge is 2.03. The number of thiazole rings is 1. The molecule has 0 saturated carbocycles. The maximum atomic E-state index is 12.7. The molecule has 0 radical (unpaired) electrons. The van der Waals surface area contributed by atoms with Gasteiger partial charge in [0.15, 0.2) is 5.13 Å². The van der Waals surface area contributed by atoms with E-state index in [2.05, 4.69) is 10.3 Å². The van der Waals surface area contributed by atoms with Gasteiger partial charge in [-0.1, -0.05) is 23.5 Å². The minimum atomic E-state index is -0.269. The molecule has 0 saturated heterocycles. The van der Waals surface area contributed by atoms with E-state index in [4.69, 9.17) is 0 Å². The predicted octanol–water partition coefficient (Wildman–Crippen LogP) is 2.52. The van der Waals surface area contributed by atoms with Crippen molar-refractivity contribution in [1.29, 1.82) is 0 Å². The second-order valence-electron chi connectivity index (χ2n) is 2.80. The Hall–Kier alpha value is -1.75. The lowest BCUT2D eigenvalue weighted by molar-refractivity contribution is -0.105. The standard InChI is InChI=1S/C10H7FN2OS/c11-8-3-1-7(2-4-8)9-5-12-10(15-9)13-6-14/h1-6H,(H,12,13,14). The number of amides is 1. The van der Waals surface area contributed by atoms with Crippen molar-refractivity contribution < 1.29 is 9.18 Å². The van der Waals surface area contributed by atoms with Gasteiger partial charge in [-0.05, 0) is 17.7 Å². The molecule has 0 unspecified atom stereocenters. The van der Waals surface area contributed by atoms with E-state index in [1.807, 2.05) is 0 Å². The molecule has 76 valence electrons. The summed E-state index contributed by atoms with van der Waals surface area (Å²) >= 11 is 1.34. The fourth-order valence-corrected chi connectivity index (χ4v) is 1.92. The first-order valence-corrected chi connectivity index (χ1v) is 5.03. The smallest absolute Gasteiger partial charge is 0.213 e. The van der Waals surface area contributed by atoms with Crippen LogP contribution >= 0.6 is 11.3 Å². The summed E-state index contributed by atoms with van der Waals surface area (Å²) in [5.74, 6) is -0.269. The fourth-order valence-electron chi connectivity index (χ4n) is 1.14. The molecule has 2 rings (SSSR count). The molecule has 15 heavy (non-hydrogen) atoms. The summed E-state index contributed by atoms with van der Waals surface area (Å²) in [6.07, 6.45) is 2.22. The van der Waals surface area contributed by atoms with Crippen LogP contribution in [0.5, 0.6) is 0 Å². The Morgan fingerprint density at radius 1 is 1.33 bits per heavy atom. The summed E-state index contributed by atoms with van der Waals surface area (Å²) in [6.45, 7) is 0. The van der Waals surface area contributed by atoms with Crippen LogP contribution in [0.1, 0.15) is 0 Å². The molecule has 1 N–H and O–H groups in total. The molecule has 0 aliphatic rings. The molecule has 1 aromatic heterocycles. The summed E-state index contributed by atoms with van der Waals surface area (Å²) in [5, 5.41) is 2.99. The summed E-state index contributed by atoms with van der Waals surface area (Å²) in [7, 11) is 0. The van der Waals surface area contributed by atoms with Crippen LogP contribution in [0.4, 0.5) is 9.52 Å². The number of anilines is 1. The van der Waals surface area contributed by atoms with E-state index in [-0.39, 0.29) is 5.82 Å². The van der Waals surface area contributed by atoms with E-state index < -0.39 is 0 Å². The quantitative estimate of drug-likeness (QED) is 0.811.